The molecule has 0 atom stereocenters. The Kier molecular flexibility index (Phi) is 5.04. The molecule has 0 aliphatic heterocycles. The first kappa shape index (κ1) is 17.8. The molecular weight excluding hydrogens is 377 g/mol. The van der Waals surface area contributed by atoms with E-state index in [0.717, 1.165) is 28.4 Å². The highest BCUT2D eigenvalue weighted by atomic mass is 35.5. The second kappa shape index (κ2) is 7.08. The molecule has 3 aromatic rings. The van der Waals surface area contributed by atoms with E-state index in [1.54, 1.807) is 19.2 Å². The van der Waals surface area contributed by atoms with Crippen molar-refractivity contribution in [3.05, 3.63) is 69.8 Å². The van der Waals surface area contributed by atoms with E-state index in [2.05, 4.69) is 0 Å². The predicted molar refractivity (Wildman–Crippen MR) is 107 cm³/mol. The van der Waals surface area contributed by atoms with Gasteiger partial charge in [-0.05, 0) is 67.7 Å². The van der Waals surface area contributed by atoms with Crippen molar-refractivity contribution in [1.82, 2.24) is 4.57 Å². The van der Waals surface area contributed by atoms with Crippen LogP contribution in [0.25, 0.3) is 16.9 Å². The van der Waals surface area contributed by atoms with Crippen molar-refractivity contribution >= 4 is 40.5 Å². The molecule has 6 heteroatoms. The number of ether oxygens (including phenoxy) is 1. The fraction of sp³-hybridized carbons (Fsp3) is 0.105. The molecule has 2 aromatic carbocycles. The number of hydrogen-bond acceptors (Lipinski definition) is 2. The van der Waals surface area contributed by atoms with Crippen LogP contribution in [-0.4, -0.2) is 21.8 Å². The zero-order valence-electron chi connectivity index (χ0n) is 13.6. The van der Waals surface area contributed by atoms with Gasteiger partial charge in [0, 0.05) is 27.5 Å². The van der Waals surface area contributed by atoms with Crippen LogP contribution in [0.15, 0.2) is 48.5 Å². The fourth-order valence-corrected chi connectivity index (χ4v) is 3.49. The van der Waals surface area contributed by atoms with Gasteiger partial charge >= 0.3 is 0 Å². The number of aliphatic hydroxyl groups is 1. The number of aromatic nitrogens is 1. The lowest BCUT2D eigenvalue weighted by molar-refractivity contribution is 0.414. The Labute approximate surface area is 161 Å². The minimum absolute atomic E-state index is 0.156. The summed E-state index contributed by atoms with van der Waals surface area (Å²) in [6.07, 6.45) is 0. The first-order valence-corrected chi connectivity index (χ1v) is 8.64. The van der Waals surface area contributed by atoms with Crippen LogP contribution < -0.4 is 4.74 Å². The first-order valence-electron chi connectivity index (χ1n) is 7.48. The van der Waals surface area contributed by atoms with Crippen LogP contribution in [0.2, 0.25) is 10.0 Å². The second-order valence-corrected chi connectivity index (χ2v) is 6.72. The molecule has 0 saturated carbocycles. The average molecular weight is 392 g/mol. The minimum atomic E-state index is -0.156. The van der Waals surface area contributed by atoms with Crippen molar-refractivity contribution in [2.24, 2.45) is 0 Å². The molecule has 25 heavy (non-hydrogen) atoms. The molecule has 0 amide bonds. The quantitative estimate of drug-likeness (QED) is 0.553. The molecule has 0 spiro atoms. The zero-order chi connectivity index (χ0) is 18.1. The van der Waals surface area contributed by atoms with Crippen molar-refractivity contribution in [2.75, 3.05) is 7.11 Å². The van der Waals surface area contributed by atoms with E-state index in [4.69, 9.17) is 40.2 Å². The van der Waals surface area contributed by atoms with E-state index >= 15 is 0 Å². The topological polar surface area (TPSA) is 34.4 Å². The number of rotatable bonds is 4. The van der Waals surface area contributed by atoms with E-state index in [1.807, 2.05) is 47.9 Å². The molecule has 3 rings (SSSR count). The Morgan fingerprint density at radius 2 is 1.76 bits per heavy atom. The Balaban J connectivity index is 2.26. The van der Waals surface area contributed by atoms with E-state index in [9.17, 15) is 5.11 Å². The highest BCUT2D eigenvalue weighted by Crippen LogP contribution is 2.35. The van der Waals surface area contributed by atoms with E-state index in [0.29, 0.717) is 15.6 Å². The van der Waals surface area contributed by atoms with Gasteiger partial charge in [0.05, 0.1) is 17.8 Å². The van der Waals surface area contributed by atoms with Crippen molar-refractivity contribution in [3.63, 3.8) is 0 Å². The molecular formula is C19H15Cl2NO2S. The third-order valence-electron chi connectivity index (χ3n) is 4.02. The predicted octanol–water partition coefficient (Wildman–Crippen LogP) is 6.00. The molecule has 0 radical (unpaired) electrons. The summed E-state index contributed by atoms with van der Waals surface area (Å²) < 4.78 is 7.21. The Hall–Kier alpha value is -2.01. The maximum Gasteiger partial charge on any atom is 0.190 e. The van der Waals surface area contributed by atoms with Gasteiger partial charge in [-0.1, -0.05) is 23.2 Å². The molecule has 0 fully saturated rings. The van der Waals surface area contributed by atoms with Gasteiger partial charge in [-0.25, -0.2) is 0 Å². The maximum absolute atomic E-state index is 9.88. The van der Waals surface area contributed by atoms with Crippen LogP contribution in [0.1, 0.15) is 11.3 Å². The third-order valence-corrected chi connectivity index (χ3v) is 4.78. The Morgan fingerprint density at radius 1 is 1.08 bits per heavy atom. The van der Waals surface area contributed by atoms with Crippen LogP contribution in [0.5, 0.6) is 5.75 Å². The van der Waals surface area contributed by atoms with Gasteiger partial charge in [0.2, 0.25) is 0 Å². The summed E-state index contributed by atoms with van der Waals surface area (Å²) in [5.74, 6) is 0.762. The molecule has 3 nitrogen and oxygen atoms in total. The first-order chi connectivity index (χ1) is 11.9. The monoisotopic (exact) mass is 391 g/mol. The number of aliphatic hydroxyl groups excluding tert-OH is 1. The summed E-state index contributed by atoms with van der Waals surface area (Å²) in [6, 6.07) is 14.8. The van der Waals surface area contributed by atoms with Crippen LogP contribution in [0.4, 0.5) is 0 Å². The van der Waals surface area contributed by atoms with E-state index in [1.165, 1.54) is 0 Å². The number of hydrogen-bond donors (Lipinski definition) is 1. The van der Waals surface area contributed by atoms with Crippen LogP contribution in [0, 0.1) is 6.92 Å². The lowest BCUT2D eigenvalue weighted by Crippen LogP contribution is -2.02. The number of methoxy groups -OCH3 is 1. The second-order valence-electron chi connectivity index (χ2n) is 5.49. The van der Waals surface area contributed by atoms with Crippen LogP contribution in [0.3, 0.4) is 0 Å². The van der Waals surface area contributed by atoms with Gasteiger partial charge in [-0.15, -0.1) is 0 Å². The summed E-state index contributed by atoms with van der Waals surface area (Å²) in [6.45, 7) is 1.90. The largest absolute Gasteiger partial charge is 0.498 e. The van der Waals surface area contributed by atoms with Crippen molar-refractivity contribution in [3.8, 4) is 22.7 Å². The van der Waals surface area contributed by atoms with Gasteiger partial charge < -0.3 is 14.4 Å². The Morgan fingerprint density at radius 3 is 2.32 bits per heavy atom. The average Bonchev–Trinajstić information content (AvgIpc) is 2.92. The SMILES string of the molecule is COc1ccc(-n2c(-c3ccc(Cl)cc3Cl)cc(C(O)=S)c2C)cc1. The highest BCUT2D eigenvalue weighted by Gasteiger charge is 2.19. The zero-order valence-corrected chi connectivity index (χ0v) is 15.9. The summed E-state index contributed by atoms with van der Waals surface area (Å²) in [7, 11) is 1.62. The summed E-state index contributed by atoms with van der Waals surface area (Å²) in [5.41, 5.74) is 3.93. The third kappa shape index (κ3) is 3.38. The smallest absolute Gasteiger partial charge is 0.190 e. The van der Waals surface area contributed by atoms with E-state index in [-0.39, 0.29) is 5.05 Å². The molecule has 0 aliphatic rings. The van der Waals surface area contributed by atoms with Crippen molar-refractivity contribution in [1.29, 1.82) is 0 Å². The molecule has 0 aliphatic carbocycles. The summed E-state index contributed by atoms with van der Waals surface area (Å²) >= 11 is 17.4. The van der Waals surface area contributed by atoms with Crippen molar-refractivity contribution < 1.29 is 9.84 Å². The lowest BCUT2D eigenvalue weighted by Gasteiger charge is -2.14. The molecule has 0 unspecified atom stereocenters. The number of halogens is 2. The fourth-order valence-electron chi connectivity index (χ4n) is 2.78. The number of thiocarbonyl (C=S) groups is 1. The van der Waals surface area contributed by atoms with Crippen LogP contribution >= 0.6 is 35.4 Å². The van der Waals surface area contributed by atoms with Gasteiger partial charge in [0.25, 0.3) is 0 Å². The molecule has 0 saturated heterocycles. The van der Waals surface area contributed by atoms with Gasteiger partial charge in [-0.2, -0.15) is 0 Å². The van der Waals surface area contributed by atoms with Gasteiger partial charge in [-0.3, -0.25) is 0 Å². The van der Waals surface area contributed by atoms with E-state index < -0.39 is 0 Å². The Bertz CT molecular complexity index is 949. The normalized spacial score (nSPS) is 10.7. The molecule has 128 valence electrons. The molecule has 1 heterocycles. The number of nitrogens with zero attached hydrogens (tertiary/aromatic N) is 1. The summed E-state index contributed by atoms with van der Waals surface area (Å²) in [5, 5.41) is 10.8. The van der Waals surface area contributed by atoms with Crippen LogP contribution in [-0.2, 0) is 0 Å². The summed E-state index contributed by atoms with van der Waals surface area (Å²) in [4.78, 5) is 0. The lowest BCUT2D eigenvalue weighted by atomic mass is 10.1. The molecule has 1 aromatic heterocycles. The van der Waals surface area contributed by atoms with Crippen molar-refractivity contribution in [2.45, 2.75) is 6.92 Å². The highest BCUT2D eigenvalue weighted by molar-refractivity contribution is 7.80. The maximum atomic E-state index is 9.88. The van der Waals surface area contributed by atoms with Gasteiger partial charge in [0.15, 0.2) is 5.05 Å². The molecule has 0 bridgehead atoms. The molecule has 1 N–H and O–H groups in total. The number of benzene rings is 2. The van der Waals surface area contributed by atoms with Gasteiger partial charge in [0.1, 0.15) is 5.75 Å². The standard InChI is InChI=1S/C19H15Cl2NO2S/c1-11-16(19(23)25)10-18(15-8-3-12(20)9-17(15)21)22(11)13-4-6-14(24-2)7-5-13/h3-10H,1-2H3,(H,23,25). The minimum Gasteiger partial charge on any atom is -0.498 e.